The summed E-state index contributed by atoms with van der Waals surface area (Å²) in [5.74, 6) is 1.98. The zero-order valence-electron chi connectivity index (χ0n) is 12.5. The SMILES string of the molecule is CCOC1CCN(C(=NC)NCCc2ccco2)CC1. The van der Waals surface area contributed by atoms with Gasteiger partial charge in [0.1, 0.15) is 5.76 Å². The van der Waals surface area contributed by atoms with E-state index >= 15 is 0 Å². The standard InChI is InChI=1S/C15H25N3O2/c1-3-19-14-7-10-18(11-8-14)15(16-2)17-9-6-13-5-4-12-20-13/h4-5,12,14H,3,6-11H2,1-2H3,(H,16,17). The minimum atomic E-state index is 0.414. The van der Waals surface area contributed by atoms with Crippen LogP contribution in [0.5, 0.6) is 0 Å². The topological polar surface area (TPSA) is 50.0 Å². The van der Waals surface area contributed by atoms with Gasteiger partial charge in [0.2, 0.25) is 0 Å². The molecule has 0 aliphatic carbocycles. The summed E-state index contributed by atoms with van der Waals surface area (Å²) in [4.78, 5) is 6.66. The van der Waals surface area contributed by atoms with Gasteiger partial charge in [-0.15, -0.1) is 0 Å². The lowest BCUT2D eigenvalue weighted by Gasteiger charge is -2.34. The lowest BCUT2D eigenvalue weighted by Crippen LogP contribution is -2.47. The molecule has 0 aromatic carbocycles. The van der Waals surface area contributed by atoms with Gasteiger partial charge < -0.3 is 19.4 Å². The Labute approximate surface area is 121 Å². The summed E-state index contributed by atoms with van der Waals surface area (Å²) < 4.78 is 11.0. The van der Waals surface area contributed by atoms with Gasteiger partial charge in [-0.05, 0) is 31.9 Å². The monoisotopic (exact) mass is 279 g/mol. The van der Waals surface area contributed by atoms with Crippen LogP contribution in [0.3, 0.4) is 0 Å². The molecule has 0 radical (unpaired) electrons. The minimum Gasteiger partial charge on any atom is -0.469 e. The van der Waals surface area contributed by atoms with E-state index in [0.29, 0.717) is 6.10 Å². The highest BCUT2D eigenvalue weighted by Crippen LogP contribution is 2.13. The van der Waals surface area contributed by atoms with Gasteiger partial charge in [0.15, 0.2) is 5.96 Å². The lowest BCUT2D eigenvalue weighted by molar-refractivity contribution is 0.0264. The van der Waals surface area contributed by atoms with E-state index in [4.69, 9.17) is 9.15 Å². The Morgan fingerprint density at radius 1 is 1.50 bits per heavy atom. The lowest BCUT2D eigenvalue weighted by atomic mass is 10.1. The maximum Gasteiger partial charge on any atom is 0.193 e. The quantitative estimate of drug-likeness (QED) is 0.660. The smallest absolute Gasteiger partial charge is 0.193 e. The first-order valence-corrected chi connectivity index (χ1v) is 7.43. The van der Waals surface area contributed by atoms with Crippen LogP contribution in [0, 0.1) is 0 Å². The second-order valence-corrected chi connectivity index (χ2v) is 4.95. The number of likely N-dealkylation sites (tertiary alicyclic amines) is 1. The first-order chi connectivity index (χ1) is 9.83. The second-order valence-electron chi connectivity index (χ2n) is 4.95. The molecule has 0 bridgehead atoms. The van der Waals surface area contributed by atoms with E-state index in [0.717, 1.165) is 57.2 Å². The zero-order valence-corrected chi connectivity index (χ0v) is 12.5. The maximum atomic E-state index is 5.68. The third kappa shape index (κ3) is 4.27. The van der Waals surface area contributed by atoms with Crippen molar-refractivity contribution in [1.29, 1.82) is 0 Å². The molecule has 112 valence electrons. The molecule has 1 fully saturated rings. The van der Waals surface area contributed by atoms with Crippen LogP contribution in [0.2, 0.25) is 0 Å². The van der Waals surface area contributed by atoms with Crippen LogP contribution in [0.1, 0.15) is 25.5 Å². The number of nitrogens with zero attached hydrogens (tertiary/aromatic N) is 2. The van der Waals surface area contributed by atoms with Crippen LogP contribution in [0.4, 0.5) is 0 Å². The van der Waals surface area contributed by atoms with Gasteiger partial charge >= 0.3 is 0 Å². The van der Waals surface area contributed by atoms with E-state index in [-0.39, 0.29) is 0 Å². The van der Waals surface area contributed by atoms with Gasteiger partial charge in [0.25, 0.3) is 0 Å². The zero-order chi connectivity index (χ0) is 14.2. The molecule has 0 unspecified atom stereocenters. The number of piperidine rings is 1. The molecule has 0 spiro atoms. The number of rotatable bonds is 5. The van der Waals surface area contributed by atoms with Crippen LogP contribution in [0.25, 0.3) is 0 Å². The van der Waals surface area contributed by atoms with Crippen LogP contribution < -0.4 is 5.32 Å². The molecule has 1 aliphatic rings. The number of hydrogen-bond acceptors (Lipinski definition) is 3. The molecule has 5 nitrogen and oxygen atoms in total. The summed E-state index contributed by atoms with van der Waals surface area (Å²) in [5.41, 5.74) is 0. The summed E-state index contributed by atoms with van der Waals surface area (Å²) in [5, 5.41) is 3.40. The number of aliphatic imine (C=N–C) groups is 1. The molecule has 20 heavy (non-hydrogen) atoms. The van der Waals surface area contributed by atoms with Crippen LogP contribution in [0.15, 0.2) is 27.8 Å². The number of guanidine groups is 1. The number of hydrogen-bond donors (Lipinski definition) is 1. The molecule has 2 heterocycles. The van der Waals surface area contributed by atoms with E-state index in [1.165, 1.54) is 0 Å². The summed E-state index contributed by atoms with van der Waals surface area (Å²) in [6.45, 7) is 5.71. The molecule has 0 atom stereocenters. The van der Waals surface area contributed by atoms with Crippen molar-refractivity contribution in [3.8, 4) is 0 Å². The van der Waals surface area contributed by atoms with Gasteiger partial charge in [0.05, 0.1) is 12.4 Å². The van der Waals surface area contributed by atoms with Crippen molar-refractivity contribution in [2.24, 2.45) is 4.99 Å². The average molecular weight is 279 g/mol. The highest BCUT2D eigenvalue weighted by atomic mass is 16.5. The molecule has 1 saturated heterocycles. The fourth-order valence-electron chi connectivity index (χ4n) is 2.55. The number of nitrogens with one attached hydrogen (secondary N) is 1. The van der Waals surface area contributed by atoms with E-state index < -0.39 is 0 Å². The molecular formula is C15H25N3O2. The van der Waals surface area contributed by atoms with Crippen molar-refractivity contribution < 1.29 is 9.15 Å². The Morgan fingerprint density at radius 2 is 2.30 bits per heavy atom. The molecule has 1 aromatic rings. The molecular weight excluding hydrogens is 254 g/mol. The Morgan fingerprint density at radius 3 is 2.90 bits per heavy atom. The van der Waals surface area contributed by atoms with E-state index in [1.807, 2.05) is 19.2 Å². The third-order valence-corrected chi connectivity index (χ3v) is 3.59. The Kier molecular flexibility index (Phi) is 5.92. The van der Waals surface area contributed by atoms with Gasteiger partial charge in [-0.2, -0.15) is 0 Å². The summed E-state index contributed by atoms with van der Waals surface area (Å²) in [6.07, 6.45) is 5.15. The maximum absolute atomic E-state index is 5.68. The van der Waals surface area contributed by atoms with E-state index in [9.17, 15) is 0 Å². The van der Waals surface area contributed by atoms with Crippen molar-refractivity contribution in [3.63, 3.8) is 0 Å². The first-order valence-electron chi connectivity index (χ1n) is 7.43. The Balaban J connectivity index is 1.72. The molecule has 2 rings (SSSR count). The average Bonchev–Trinajstić information content (AvgIpc) is 2.98. The Hall–Kier alpha value is -1.49. The van der Waals surface area contributed by atoms with Crippen molar-refractivity contribution in [2.75, 3.05) is 33.3 Å². The molecule has 5 heteroatoms. The Bertz CT molecular complexity index is 395. The van der Waals surface area contributed by atoms with Gasteiger partial charge in [-0.25, -0.2) is 0 Å². The van der Waals surface area contributed by atoms with Crippen molar-refractivity contribution >= 4 is 5.96 Å². The van der Waals surface area contributed by atoms with Crippen LogP contribution in [-0.2, 0) is 11.2 Å². The predicted molar refractivity (Wildman–Crippen MR) is 80.0 cm³/mol. The number of ether oxygens (including phenoxy) is 1. The largest absolute Gasteiger partial charge is 0.469 e. The fraction of sp³-hybridized carbons (Fsp3) is 0.667. The van der Waals surface area contributed by atoms with Gasteiger partial charge in [-0.1, -0.05) is 0 Å². The molecule has 0 amide bonds. The minimum absolute atomic E-state index is 0.414. The molecule has 1 N–H and O–H groups in total. The van der Waals surface area contributed by atoms with Crippen molar-refractivity contribution in [2.45, 2.75) is 32.3 Å². The van der Waals surface area contributed by atoms with Crippen molar-refractivity contribution in [1.82, 2.24) is 10.2 Å². The predicted octanol–water partition coefficient (Wildman–Crippen LogP) is 1.90. The van der Waals surface area contributed by atoms with Gasteiger partial charge in [-0.3, -0.25) is 4.99 Å². The summed E-state index contributed by atoms with van der Waals surface area (Å²) >= 11 is 0. The highest BCUT2D eigenvalue weighted by Gasteiger charge is 2.21. The van der Waals surface area contributed by atoms with Gasteiger partial charge in [0, 0.05) is 39.7 Å². The second kappa shape index (κ2) is 7.94. The third-order valence-electron chi connectivity index (χ3n) is 3.59. The highest BCUT2D eigenvalue weighted by molar-refractivity contribution is 5.79. The summed E-state index contributed by atoms with van der Waals surface area (Å²) in [7, 11) is 1.84. The fourth-order valence-corrected chi connectivity index (χ4v) is 2.55. The van der Waals surface area contributed by atoms with Crippen LogP contribution in [-0.4, -0.2) is 50.3 Å². The molecule has 1 aromatic heterocycles. The number of furan rings is 1. The summed E-state index contributed by atoms with van der Waals surface area (Å²) in [6, 6.07) is 3.92. The van der Waals surface area contributed by atoms with E-state index in [2.05, 4.69) is 22.1 Å². The van der Waals surface area contributed by atoms with Crippen LogP contribution >= 0.6 is 0 Å². The normalized spacial score (nSPS) is 17.5. The van der Waals surface area contributed by atoms with E-state index in [1.54, 1.807) is 6.26 Å². The first kappa shape index (κ1) is 14.9. The van der Waals surface area contributed by atoms with Crippen molar-refractivity contribution in [3.05, 3.63) is 24.2 Å². The molecule has 1 aliphatic heterocycles. The molecule has 0 saturated carbocycles.